The van der Waals surface area contributed by atoms with Crippen LogP contribution in [0.3, 0.4) is 0 Å². The first-order valence-corrected chi connectivity index (χ1v) is 5.10. The van der Waals surface area contributed by atoms with Crippen LogP contribution in [-0.4, -0.2) is 5.97 Å². The third kappa shape index (κ3) is 1.75. The summed E-state index contributed by atoms with van der Waals surface area (Å²) in [6.45, 7) is 3.40. The van der Waals surface area contributed by atoms with E-state index in [4.69, 9.17) is 10.5 Å². The highest BCUT2D eigenvalue weighted by atomic mass is 16.6. The average Bonchev–Trinajstić information content (AvgIpc) is 2.43. The fourth-order valence-corrected chi connectivity index (χ4v) is 2.12. The Bertz CT molecular complexity index is 414. The quantitative estimate of drug-likeness (QED) is 0.560. The molecule has 0 heterocycles. The molecular weight excluding hydrogens is 190 g/mol. The molecule has 0 spiro atoms. The first-order chi connectivity index (χ1) is 7.01. The van der Waals surface area contributed by atoms with Crippen molar-refractivity contribution >= 4 is 5.97 Å². The molecule has 0 fully saturated rings. The van der Waals surface area contributed by atoms with E-state index in [0.717, 1.165) is 17.5 Å². The molecule has 0 saturated heterocycles. The minimum atomic E-state index is -0.910. The molecule has 3 heteroatoms. The third-order valence-corrected chi connectivity index (χ3v) is 2.81. The summed E-state index contributed by atoms with van der Waals surface area (Å²) < 4.78 is 5.22. The summed E-state index contributed by atoms with van der Waals surface area (Å²) >= 11 is 0. The van der Waals surface area contributed by atoms with Gasteiger partial charge in [-0.3, -0.25) is 10.5 Å². The first kappa shape index (κ1) is 10.2. The van der Waals surface area contributed by atoms with E-state index < -0.39 is 5.72 Å². The monoisotopic (exact) mass is 205 g/mol. The number of ether oxygens (including phenoxy) is 1. The Kier molecular flexibility index (Phi) is 2.27. The fourth-order valence-electron chi connectivity index (χ4n) is 2.12. The lowest BCUT2D eigenvalue weighted by Gasteiger charge is -2.25. The highest BCUT2D eigenvalue weighted by molar-refractivity contribution is 5.67. The van der Waals surface area contributed by atoms with Crippen molar-refractivity contribution in [1.29, 1.82) is 0 Å². The molecule has 1 aliphatic rings. The molecule has 3 nitrogen and oxygen atoms in total. The summed E-state index contributed by atoms with van der Waals surface area (Å²) in [7, 11) is 0. The standard InChI is InChI=1S/C12H15NO2/c1-8-3-4-10-5-6-12(13,11(10)7-8)15-9(2)14/h3-4,7H,5-6,13H2,1-2H3. The molecule has 2 rings (SSSR count). The van der Waals surface area contributed by atoms with E-state index in [1.807, 2.05) is 13.0 Å². The van der Waals surface area contributed by atoms with E-state index >= 15 is 0 Å². The number of aryl methyl sites for hydroxylation is 2. The smallest absolute Gasteiger partial charge is 0.304 e. The first-order valence-electron chi connectivity index (χ1n) is 5.10. The van der Waals surface area contributed by atoms with Gasteiger partial charge < -0.3 is 4.74 Å². The second-order valence-corrected chi connectivity index (χ2v) is 4.14. The summed E-state index contributed by atoms with van der Waals surface area (Å²) in [6, 6.07) is 6.12. The molecule has 80 valence electrons. The average molecular weight is 205 g/mol. The maximum Gasteiger partial charge on any atom is 0.304 e. The van der Waals surface area contributed by atoms with E-state index in [0.29, 0.717) is 6.42 Å². The molecule has 15 heavy (non-hydrogen) atoms. The van der Waals surface area contributed by atoms with E-state index in [2.05, 4.69) is 12.1 Å². The lowest BCUT2D eigenvalue weighted by molar-refractivity contribution is -0.157. The number of nitrogens with two attached hydrogens (primary N) is 1. The molecule has 0 radical (unpaired) electrons. The van der Waals surface area contributed by atoms with Gasteiger partial charge >= 0.3 is 5.97 Å². The number of fused-ring (bicyclic) bond motifs is 1. The normalized spacial score (nSPS) is 23.7. The fraction of sp³-hybridized carbons (Fsp3) is 0.417. The molecule has 0 saturated carbocycles. The van der Waals surface area contributed by atoms with Crippen molar-refractivity contribution < 1.29 is 9.53 Å². The number of hydrogen-bond acceptors (Lipinski definition) is 3. The van der Waals surface area contributed by atoms with Gasteiger partial charge in [0, 0.05) is 18.9 Å². The highest BCUT2D eigenvalue weighted by Gasteiger charge is 2.37. The SMILES string of the molecule is CC(=O)OC1(N)CCc2ccc(C)cc21. The van der Waals surface area contributed by atoms with Crippen LogP contribution in [0.2, 0.25) is 0 Å². The van der Waals surface area contributed by atoms with E-state index in [-0.39, 0.29) is 5.97 Å². The van der Waals surface area contributed by atoms with Crippen molar-refractivity contribution in [2.24, 2.45) is 5.73 Å². The predicted molar refractivity (Wildman–Crippen MR) is 57.1 cm³/mol. The molecule has 1 atom stereocenters. The van der Waals surface area contributed by atoms with Crippen LogP contribution in [0.1, 0.15) is 30.0 Å². The van der Waals surface area contributed by atoms with Crippen LogP contribution in [-0.2, 0) is 21.7 Å². The summed E-state index contributed by atoms with van der Waals surface area (Å²) in [5.74, 6) is -0.327. The van der Waals surface area contributed by atoms with Gasteiger partial charge in [-0.1, -0.05) is 23.8 Å². The van der Waals surface area contributed by atoms with Gasteiger partial charge in [0.15, 0.2) is 5.72 Å². The van der Waals surface area contributed by atoms with Gasteiger partial charge in [0.1, 0.15) is 0 Å². The second-order valence-electron chi connectivity index (χ2n) is 4.14. The highest BCUT2D eigenvalue weighted by Crippen LogP contribution is 2.36. The second kappa shape index (κ2) is 3.35. The van der Waals surface area contributed by atoms with Crippen molar-refractivity contribution in [3.05, 3.63) is 34.9 Å². The molecule has 1 aromatic carbocycles. The Morgan fingerprint density at radius 2 is 2.27 bits per heavy atom. The molecular formula is C12H15NO2. The molecule has 1 aliphatic carbocycles. The van der Waals surface area contributed by atoms with Crippen LogP contribution >= 0.6 is 0 Å². The van der Waals surface area contributed by atoms with Crippen LogP contribution in [0, 0.1) is 6.92 Å². The van der Waals surface area contributed by atoms with Crippen molar-refractivity contribution in [1.82, 2.24) is 0 Å². The minimum absolute atomic E-state index is 0.327. The number of esters is 1. The Hall–Kier alpha value is -1.35. The van der Waals surface area contributed by atoms with Gasteiger partial charge in [-0.2, -0.15) is 0 Å². The van der Waals surface area contributed by atoms with Crippen LogP contribution in [0.5, 0.6) is 0 Å². The third-order valence-electron chi connectivity index (χ3n) is 2.81. The zero-order chi connectivity index (χ0) is 11.1. The number of benzene rings is 1. The van der Waals surface area contributed by atoms with Crippen LogP contribution in [0.4, 0.5) is 0 Å². The maximum atomic E-state index is 11.0. The van der Waals surface area contributed by atoms with Crippen molar-refractivity contribution in [3.8, 4) is 0 Å². The predicted octanol–water partition coefficient (Wildman–Crippen LogP) is 1.62. The van der Waals surface area contributed by atoms with Gasteiger partial charge in [-0.15, -0.1) is 0 Å². The number of rotatable bonds is 1. The van der Waals surface area contributed by atoms with E-state index in [1.165, 1.54) is 12.5 Å². The lowest BCUT2D eigenvalue weighted by Crippen LogP contribution is -2.38. The zero-order valence-corrected chi connectivity index (χ0v) is 9.04. The van der Waals surface area contributed by atoms with Crippen molar-refractivity contribution in [2.75, 3.05) is 0 Å². The number of hydrogen-bond donors (Lipinski definition) is 1. The molecule has 0 amide bonds. The van der Waals surface area contributed by atoms with Gasteiger partial charge in [0.2, 0.25) is 0 Å². The molecule has 0 aromatic heterocycles. The molecule has 0 bridgehead atoms. The largest absolute Gasteiger partial charge is 0.440 e. The zero-order valence-electron chi connectivity index (χ0n) is 9.04. The minimum Gasteiger partial charge on any atom is -0.440 e. The Morgan fingerprint density at radius 1 is 1.53 bits per heavy atom. The van der Waals surface area contributed by atoms with Gasteiger partial charge in [0.25, 0.3) is 0 Å². The van der Waals surface area contributed by atoms with Crippen LogP contribution in [0.25, 0.3) is 0 Å². The topological polar surface area (TPSA) is 52.3 Å². The summed E-state index contributed by atoms with van der Waals surface area (Å²) in [4.78, 5) is 11.0. The van der Waals surface area contributed by atoms with E-state index in [9.17, 15) is 4.79 Å². The molecule has 1 aromatic rings. The van der Waals surface area contributed by atoms with Crippen LogP contribution in [0.15, 0.2) is 18.2 Å². The summed E-state index contributed by atoms with van der Waals surface area (Å²) in [5, 5.41) is 0. The summed E-state index contributed by atoms with van der Waals surface area (Å²) in [6.07, 6.45) is 1.55. The Labute approximate surface area is 89.2 Å². The Balaban J connectivity index is 2.41. The molecule has 0 aliphatic heterocycles. The van der Waals surface area contributed by atoms with Crippen LogP contribution < -0.4 is 5.73 Å². The van der Waals surface area contributed by atoms with Crippen molar-refractivity contribution in [3.63, 3.8) is 0 Å². The van der Waals surface area contributed by atoms with Gasteiger partial charge in [-0.25, -0.2) is 0 Å². The summed E-state index contributed by atoms with van der Waals surface area (Å²) in [5.41, 5.74) is 8.47. The molecule has 1 unspecified atom stereocenters. The van der Waals surface area contributed by atoms with Gasteiger partial charge in [0.05, 0.1) is 0 Å². The number of carbonyl (C=O) groups is 1. The maximum absolute atomic E-state index is 11.0. The number of carbonyl (C=O) groups excluding carboxylic acids is 1. The van der Waals surface area contributed by atoms with Gasteiger partial charge in [-0.05, 0) is 18.9 Å². The Morgan fingerprint density at radius 3 is 2.93 bits per heavy atom. The van der Waals surface area contributed by atoms with E-state index in [1.54, 1.807) is 0 Å². The van der Waals surface area contributed by atoms with Crippen molar-refractivity contribution in [2.45, 2.75) is 32.4 Å². The molecule has 2 N–H and O–H groups in total. The lowest BCUT2D eigenvalue weighted by atomic mass is 10.0.